The average Bonchev–Trinajstić information content (AvgIpc) is 3.16. The Balaban J connectivity index is 1.50. The lowest BCUT2D eigenvalue weighted by atomic mass is 10.0. The molecule has 4 rings (SSSR count). The summed E-state index contributed by atoms with van der Waals surface area (Å²) in [6.45, 7) is 3.49. The number of H-pyrrole nitrogens is 1. The minimum Gasteiger partial charge on any atom is -0.302 e. The van der Waals surface area contributed by atoms with E-state index in [2.05, 4.69) is 25.4 Å². The van der Waals surface area contributed by atoms with Crippen LogP contribution in [0.4, 0.5) is 5.13 Å². The highest BCUT2D eigenvalue weighted by molar-refractivity contribution is 7.15. The molecule has 0 unspecified atom stereocenters. The molecule has 27 heavy (non-hydrogen) atoms. The van der Waals surface area contributed by atoms with Gasteiger partial charge in [-0.3, -0.25) is 14.7 Å². The van der Waals surface area contributed by atoms with Gasteiger partial charge < -0.3 is 5.32 Å². The predicted molar refractivity (Wildman–Crippen MR) is 103 cm³/mol. The molecule has 0 fully saturated rings. The molecule has 2 N–H and O–H groups in total. The van der Waals surface area contributed by atoms with Crippen molar-refractivity contribution in [1.29, 1.82) is 0 Å². The fourth-order valence-corrected chi connectivity index (χ4v) is 4.37. The summed E-state index contributed by atoms with van der Waals surface area (Å²) in [7, 11) is 0. The molecule has 0 aromatic carbocycles. The highest BCUT2D eigenvalue weighted by Gasteiger charge is 2.17. The van der Waals surface area contributed by atoms with Crippen molar-refractivity contribution in [3.63, 3.8) is 0 Å². The number of hydrogen-bond donors (Lipinski definition) is 2. The lowest BCUT2D eigenvalue weighted by Crippen LogP contribution is -2.20. The van der Waals surface area contributed by atoms with Gasteiger partial charge in [-0.2, -0.15) is 9.50 Å². The number of aryl methyl sites for hydroxylation is 3. The van der Waals surface area contributed by atoms with Gasteiger partial charge in [0.25, 0.3) is 11.3 Å². The van der Waals surface area contributed by atoms with Crippen molar-refractivity contribution in [3.05, 3.63) is 38.0 Å². The Morgan fingerprint density at radius 2 is 1.93 bits per heavy atom. The molecule has 0 spiro atoms. The number of nitrogens with zero attached hydrogens (tertiary/aromatic N) is 4. The minimum atomic E-state index is -0.211. The van der Waals surface area contributed by atoms with Crippen molar-refractivity contribution in [2.45, 2.75) is 58.8 Å². The first-order valence-corrected chi connectivity index (χ1v) is 10.1. The van der Waals surface area contributed by atoms with E-state index >= 15 is 0 Å². The van der Waals surface area contributed by atoms with Gasteiger partial charge in [-0.15, -0.1) is 11.3 Å². The van der Waals surface area contributed by atoms with Crippen LogP contribution in [0.3, 0.4) is 0 Å². The van der Waals surface area contributed by atoms with Gasteiger partial charge in [0.15, 0.2) is 5.13 Å². The zero-order valence-corrected chi connectivity index (χ0v) is 16.3. The van der Waals surface area contributed by atoms with E-state index in [4.69, 9.17) is 0 Å². The second-order valence-corrected chi connectivity index (χ2v) is 8.04. The molecule has 9 heteroatoms. The number of aromatic amines is 1. The molecule has 0 saturated carbocycles. The average molecular weight is 386 g/mol. The van der Waals surface area contributed by atoms with E-state index in [1.165, 1.54) is 28.7 Å². The maximum atomic E-state index is 12.4. The van der Waals surface area contributed by atoms with Crippen LogP contribution >= 0.6 is 11.3 Å². The van der Waals surface area contributed by atoms with Gasteiger partial charge in [0.05, 0.1) is 12.1 Å². The SMILES string of the molecule is Cc1nc2nc(CC(=O)Nc3nc4c(s3)CCCCCC4)[nH]n2c(=O)c1C. The largest absolute Gasteiger partial charge is 0.302 e. The maximum Gasteiger partial charge on any atom is 0.277 e. The number of thiazole rings is 1. The quantitative estimate of drug-likeness (QED) is 0.719. The Bertz CT molecular complexity index is 1040. The van der Waals surface area contributed by atoms with Gasteiger partial charge in [0.2, 0.25) is 5.91 Å². The van der Waals surface area contributed by atoms with Crippen LogP contribution in [-0.4, -0.2) is 30.5 Å². The van der Waals surface area contributed by atoms with Crippen molar-refractivity contribution >= 4 is 28.2 Å². The molecule has 142 valence electrons. The van der Waals surface area contributed by atoms with E-state index < -0.39 is 0 Å². The predicted octanol–water partition coefficient (Wildman–Crippen LogP) is 2.33. The fraction of sp³-hybridized carbons (Fsp3) is 0.500. The maximum absolute atomic E-state index is 12.4. The minimum absolute atomic E-state index is 0.0329. The third-order valence-electron chi connectivity index (χ3n) is 4.93. The van der Waals surface area contributed by atoms with Crippen LogP contribution in [-0.2, 0) is 24.1 Å². The summed E-state index contributed by atoms with van der Waals surface area (Å²) < 4.78 is 1.28. The molecule has 0 bridgehead atoms. The number of carbonyl (C=O) groups excluding carboxylic acids is 1. The first-order chi connectivity index (χ1) is 13.0. The van der Waals surface area contributed by atoms with Crippen LogP contribution in [0.2, 0.25) is 0 Å². The smallest absolute Gasteiger partial charge is 0.277 e. The molecule has 1 aliphatic carbocycles. The van der Waals surface area contributed by atoms with E-state index in [0.717, 1.165) is 25.0 Å². The van der Waals surface area contributed by atoms with Gasteiger partial charge >= 0.3 is 0 Å². The van der Waals surface area contributed by atoms with Crippen LogP contribution in [0.1, 0.15) is 53.3 Å². The van der Waals surface area contributed by atoms with Crippen molar-refractivity contribution in [3.8, 4) is 0 Å². The number of rotatable bonds is 3. The topological polar surface area (TPSA) is 105 Å². The second-order valence-electron chi connectivity index (χ2n) is 6.96. The van der Waals surface area contributed by atoms with Gasteiger partial charge in [-0.05, 0) is 39.5 Å². The van der Waals surface area contributed by atoms with Crippen molar-refractivity contribution in [2.75, 3.05) is 5.32 Å². The summed E-state index contributed by atoms with van der Waals surface area (Å²) >= 11 is 1.57. The number of fused-ring (bicyclic) bond motifs is 2. The first-order valence-electron chi connectivity index (χ1n) is 9.24. The molecule has 0 aliphatic heterocycles. The Hall–Kier alpha value is -2.55. The number of amides is 1. The third-order valence-corrected chi connectivity index (χ3v) is 6.00. The van der Waals surface area contributed by atoms with Gasteiger partial charge in [0, 0.05) is 16.1 Å². The number of aromatic nitrogens is 5. The molecule has 1 amide bonds. The number of hydrogen-bond acceptors (Lipinski definition) is 6. The zero-order valence-electron chi connectivity index (χ0n) is 15.5. The summed E-state index contributed by atoms with van der Waals surface area (Å²) in [5.41, 5.74) is 2.13. The lowest BCUT2D eigenvalue weighted by Gasteiger charge is -2.06. The van der Waals surface area contributed by atoms with Crippen molar-refractivity contribution < 1.29 is 4.79 Å². The molecule has 3 aromatic heterocycles. The number of anilines is 1. The van der Waals surface area contributed by atoms with Crippen molar-refractivity contribution in [1.82, 2.24) is 24.6 Å². The molecular formula is C18H22N6O2S. The van der Waals surface area contributed by atoms with Gasteiger partial charge in [-0.1, -0.05) is 12.8 Å². The van der Waals surface area contributed by atoms with Gasteiger partial charge in [-0.25, -0.2) is 9.97 Å². The molecule has 8 nitrogen and oxygen atoms in total. The normalized spacial score (nSPS) is 14.6. The Labute approximate surface area is 160 Å². The molecule has 0 atom stereocenters. The number of carbonyl (C=O) groups is 1. The molecule has 1 aliphatic rings. The summed E-state index contributed by atoms with van der Waals surface area (Å²) in [6, 6.07) is 0. The van der Waals surface area contributed by atoms with Gasteiger partial charge in [0.1, 0.15) is 5.82 Å². The van der Waals surface area contributed by atoms with E-state index in [9.17, 15) is 9.59 Å². The van der Waals surface area contributed by atoms with E-state index in [-0.39, 0.29) is 23.7 Å². The number of nitrogens with one attached hydrogen (secondary N) is 2. The zero-order chi connectivity index (χ0) is 19.0. The second kappa shape index (κ2) is 7.22. The molecule has 3 heterocycles. The fourth-order valence-electron chi connectivity index (χ4n) is 3.30. The van der Waals surface area contributed by atoms with Crippen LogP contribution in [0, 0.1) is 13.8 Å². The van der Waals surface area contributed by atoms with E-state index in [0.29, 0.717) is 22.2 Å². The molecular weight excluding hydrogens is 364 g/mol. The van der Waals surface area contributed by atoms with Crippen molar-refractivity contribution in [2.24, 2.45) is 0 Å². The lowest BCUT2D eigenvalue weighted by molar-refractivity contribution is -0.115. The molecule has 3 aromatic rings. The summed E-state index contributed by atoms with van der Waals surface area (Å²) in [6.07, 6.45) is 6.91. The summed E-state index contributed by atoms with van der Waals surface area (Å²) in [4.78, 5) is 39.1. The van der Waals surface area contributed by atoms with Crippen LogP contribution < -0.4 is 10.9 Å². The van der Waals surface area contributed by atoms with E-state index in [1.807, 2.05) is 0 Å². The van der Waals surface area contributed by atoms with Crippen LogP contribution in [0.25, 0.3) is 5.78 Å². The standard InChI is InChI=1S/C18H22N6O2S/c1-10-11(2)19-17-21-14(23-24(17)16(10)26)9-15(25)22-18-20-12-7-5-3-4-6-8-13(12)27-18/h3-9H2,1-2H3,(H,19,21,23)(H,20,22,25). The van der Waals surface area contributed by atoms with E-state index in [1.54, 1.807) is 25.2 Å². The first kappa shape index (κ1) is 17.8. The summed E-state index contributed by atoms with van der Waals surface area (Å²) in [5.74, 6) is 0.470. The summed E-state index contributed by atoms with van der Waals surface area (Å²) in [5, 5.41) is 6.38. The Kier molecular flexibility index (Phi) is 4.77. The molecule has 0 saturated heterocycles. The highest BCUT2D eigenvalue weighted by atomic mass is 32.1. The third kappa shape index (κ3) is 3.64. The molecule has 0 radical (unpaired) electrons. The van der Waals surface area contributed by atoms with Crippen LogP contribution in [0.5, 0.6) is 0 Å². The Morgan fingerprint density at radius 1 is 1.15 bits per heavy atom. The highest BCUT2D eigenvalue weighted by Crippen LogP contribution is 2.28. The Morgan fingerprint density at radius 3 is 2.74 bits per heavy atom. The van der Waals surface area contributed by atoms with Crippen LogP contribution in [0.15, 0.2) is 4.79 Å². The monoisotopic (exact) mass is 386 g/mol.